The molecular formula is C10H14O5. The van der Waals surface area contributed by atoms with Gasteiger partial charge >= 0.3 is 11.9 Å². The van der Waals surface area contributed by atoms with Crippen LogP contribution in [-0.4, -0.2) is 33.3 Å². The van der Waals surface area contributed by atoms with E-state index in [1.807, 2.05) is 0 Å². The van der Waals surface area contributed by atoms with Gasteiger partial charge in [0.15, 0.2) is 0 Å². The molecule has 1 aliphatic carbocycles. The monoisotopic (exact) mass is 214 g/mol. The molecular weight excluding hydrogens is 200 g/mol. The molecule has 0 spiro atoms. The van der Waals surface area contributed by atoms with Crippen LogP contribution in [0.1, 0.15) is 12.8 Å². The first kappa shape index (κ1) is 11.6. The SMILES string of the molecule is COC(=O)/C=C(\OC)C1(C(=O)OC)CC1. The lowest BCUT2D eigenvalue weighted by Gasteiger charge is -2.15. The summed E-state index contributed by atoms with van der Waals surface area (Å²) in [7, 11) is 4.00. The third-order valence-electron chi connectivity index (χ3n) is 2.47. The maximum atomic E-state index is 11.5. The quantitative estimate of drug-likeness (QED) is 0.390. The van der Waals surface area contributed by atoms with Gasteiger partial charge in [0.1, 0.15) is 11.2 Å². The second kappa shape index (κ2) is 4.33. The molecule has 1 saturated carbocycles. The summed E-state index contributed by atoms with van der Waals surface area (Å²) in [5.41, 5.74) is -0.766. The second-order valence-corrected chi connectivity index (χ2v) is 3.31. The van der Waals surface area contributed by atoms with E-state index < -0.39 is 11.4 Å². The largest absolute Gasteiger partial charge is 0.500 e. The standard InChI is InChI=1S/C10H14O5/c1-13-7(6-8(11)14-2)10(4-5-10)9(12)15-3/h6H,4-5H2,1-3H3/b7-6-. The molecule has 1 aliphatic rings. The van der Waals surface area contributed by atoms with E-state index in [0.29, 0.717) is 18.6 Å². The molecule has 0 N–H and O–H groups in total. The molecule has 0 aromatic carbocycles. The summed E-state index contributed by atoms with van der Waals surface area (Å²) >= 11 is 0. The highest BCUT2D eigenvalue weighted by molar-refractivity contribution is 5.88. The highest BCUT2D eigenvalue weighted by atomic mass is 16.5. The average Bonchev–Trinajstić information content (AvgIpc) is 3.05. The first-order valence-electron chi connectivity index (χ1n) is 4.53. The van der Waals surface area contributed by atoms with Gasteiger partial charge in [-0.25, -0.2) is 4.79 Å². The Morgan fingerprint density at radius 2 is 1.67 bits per heavy atom. The lowest BCUT2D eigenvalue weighted by molar-refractivity contribution is -0.146. The number of hydrogen-bond donors (Lipinski definition) is 0. The van der Waals surface area contributed by atoms with Crippen molar-refractivity contribution in [2.24, 2.45) is 5.41 Å². The van der Waals surface area contributed by atoms with Crippen LogP contribution in [0.4, 0.5) is 0 Å². The highest BCUT2D eigenvalue weighted by Crippen LogP contribution is 2.52. The summed E-state index contributed by atoms with van der Waals surface area (Å²) in [6.07, 6.45) is 2.45. The molecule has 0 saturated heterocycles. The number of methoxy groups -OCH3 is 3. The predicted molar refractivity (Wildman–Crippen MR) is 50.8 cm³/mol. The van der Waals surface area contributed by atoms with E-state index in [0.717, 1.165) is 0 Å². The Morgan fingerprint density at radius 3 is 2.00 bits per heavy atom. The minimum atomic E-state index is -0.766. The zero-order chi connectivity index (χ0) is 11.5. The molecule has 0 atom stereocenters. The van der Waals surface area contributed by atoms with Crippen molar-refractivity contribution in [3.63, 3.8) is 0 Å². The zero-order valence-corrected chi connectivity index (χ0v) is 9.03. The van der Waals surface area contributed by atoms with Crippen molar-refractivity contribution in [1.29, 1.82) is 0 Å². The lowest BCUT2D eigenvalue weighted by Crippen LogP contribution is -2.21. The smallest absolute Gasteiger partial charge is 0.333 e. The molecule has 5 nitrogen and oxygen atoms in total. The van der Waals surface area contributed by atoms with Crippen molar-refractivity contribution in [2.45, 2.75) is 12.8 Å². The van der Waals surface area contributed by atoms with Crippen LogP contribution in [-0.2, 0) is 23.8 Å². The molecule has 15 heavy (non-hydrogen) atoms. The molecule has 0 aromatic rings. The number of carbonyl (C=O) groups is 2. The van der Waals surface area contributed by atoms with Crippen molar-refractivity contribution < 1.29 is 23.8 Å². The van der Waals surface area contributed by atoms with Gasteiger partial charge in [-0.05, 0) is 12.8 Å². The van der Waals surface area contributed by atoms with Crippen LogP contribution in [0.3, 0.4) is 0 Å². The van der Waals surface area contributed by atoms with Crippen LogP contribution in [0.5, 0.6) is 0 Å². The van der Waals surface area contributed by atoms with Gasteiger partial charge in [0.2, 0.25) is 0 Å². The molecule has 0 unspecified atom stereocenters. The number of carbonyl (C=O) groups excluding carboxylic acids is 2. The minimum absolute atomic E-state index is 0.307. The van der Waals surface area contributed by atoms with Crippen molar-refractivity contribution in [2.75, 3.05) is 21.3 Å². The molecule has 84 valence electrons. The van der Waals surface area contributed by atoms with E-state index in [4.69, 9.17) is 4.74 Å². The molecule has 5 heteroatoms. The number of ether oxygens (including phenoxy) is 3. The third-order valence-corrected chi connectivity index (χ3v) is 2.47. The molecule has 0 heterocycles. The number of rotatable bonds is 4. The Hall–Kier alpha value is -1.52. The third kappa shape index (κ3) is 2.11. The first-order valence-corrected chi connectivity index (χ1v) is 4.53. The predicted octanol–water partition coefficient (Wildman–Crippen LogP) is 0.643. The van der Waals surface area contributed by atoms with E-state index in [1.165, 1.54) is 27.4 Å². The molecule has 0 aromatic heterocycles. The highest BCUT2D eigenvalue weighted by Gasteiger charge is 2.55. The fraction of sp³-hybridized carbons (Fsp3) is 0.600. The van der Waals surface area contributed by atoms with Crippen molar-refractivity contribution >= 4 is 11.9 Å². The van der Waals surface area contributed by atoms with Crippen molar-refractivity contribution in [3.8, 4) is 0 Å². The number of hydrogen-bond acceptors (Lipinski definition) is 5. The molecule has 0 radical (unpaired) electrons. The van der Waals surface area contributed by atoms with E-state index in [9.17, 15) is 9.59 Å². The Labute approximate surface area is 88.0 Å². The Morgan fingerprint density at radius 1 is 1.07 bits per heavy atom. The van der Waals surface area contributed by atoms with E-state index in [1.54, 1.807) is 0 Å². The van der Waals surface area contributed by atoms with Crippen LogP contribution in [0.15, 0.2) is 11.8 Å². The maximum Gasteiger partial charge on any atom is 0.333 e. The van der Waals surface area contributed by atoms with Gasteiger partial charge in [-0.1, -0.05) is 0 Å². The number of esters is 2. The minimum Gasteiger partial charge on any atom is -0.500 e. The van der Waals surface area contributed by atoms with Gasteiger partial charge in [-0.2, -0.15) is 0 Å². The Balaban J connectivity index is 2.88. The van der Waals surface area contributed by atoms with E-state index >= 15 is 0 Å². The Bertz CT molecular complexity index is 301. The van der Waals surface area contributed by atoms with Crippen molar-refractivity contribution in [1.82, 2.24) is 0 Å². The summed E-state index contributed by atoms with van der Waals surface area (Å²) in [5, 5.41) is 0. The summed E-state index contributed by atoms with van der Waals surface area (Å²) in [4.78, 5) is 22.5. The van der Waals surface area contributed by atoms with Gasteiger partial charge in [0, 0.05) is 0 Å². The summed E-state index contributed by atoms with van der Waals surface area (Å²) < 4.78 is 14.2. The van der Waals surface area contributed by atoms with E-state index in [2.05, 4.69) is 9.47 Å². The van der Waals surface area contributed by atoms with Gasteiger partial charge in [-0.3, -0.25) is 4.79 Å². The normalized spacial score (nSPS) is 17.9. The summed E-state index contributed by atoms with van der Waals surface area (Å²) in [5.74, 6) is -0.609. The molecule has 1 rings (SSSR count). The molecule has 1 fully saturated rings. The molecule has 0 bridgehead atoms. The fourth-order valence-electron chi connectivity index (χ4n) is 1.43. The average molecular weight is 214 g/mol. The second-order valence-electron chi connectivity index (χ2n) is 3.31. The van der Waals surface area contributed by atoms with Gasteiger partial charge in [-0.15, -0.1) is 0 Å². The summed E-state index contributed by atoms with van der Waals surface area (Å²) in [6.45, 7) is 0. The Kier molecular flexibility index (Phi) is 3.34. The molecule has 0 amide bonds. The topological polar surface area (TPSA) is 61.8 Å². The maximum absolute atomic E-state index is 11.5. The van der Waals surface area contributed by atoms with Crippen LogP contribution >= 0.6 is 0 Å². The zero-order valence-electron chi connectivity index (χ0n) is 9.03. The van der Waals surface area contributed by atoms with Crippen LogP contribution in [0.2, 0.25) is 0 Å². The van der Waals surface area contributed by atoms with E-state index in [-0.39, 0.29) is 5.97 Å². The summed E-state index contributed by atoms with van der Waals surface area (Å²) in [6, 6.07) is 0. The van der Waals surface area contributed by atoms with Gasteiger partial charge < -0.3 is 14.2 Å². The van der Waals surface area contributed by atoms with Gasteiger partial charge in [0.05, 0.1) is 27.4 Å². The van der Waals surface area contributed by atoms with Crippen LogP contribution in [0, 0.1) is 5.41 Å². The fourth-order valence-corrected chi connectivity index (χ4v) is 1.43. The van der Waals surface area contributed by atoms with Gasteiger partial charge in [0.25, 0.3) is 0 Å². The van der Waals surface area contributed by atoms with Crippen LogP contribution in [0.25, 0.3) is 0 Å². The van der Waals surface area contributed by atoms with Crippen molar-refractivity contribution in [3.05, 3.63) is 11.8 Å². The molecule has 0 aliphatic heterocycles. The van der Waals surface area contributed by atoms with Crippen LogP contribution < -0.4 is 0 Å². The first-order chi connectivity index (χ1) is 7.10. The lowest BCUT2D eigenvalue weighted by atomic mass is 10.0.